The normalized spacial score (nSPS) is 38.8. The van der Waals surface area contributed by atoms with Crippen LogP contribution in [0.5, 0.6) is 0 Å². The molecule has 0 aromatic heterocycles. The molecule has 15 atom stereocenters. The molecule has 6 aliphatic rings. The zero-order valence-corrected chi connectivity index (χ0v) is 37.9. The van der Waals surface area contributed by atoms with Crippen LogP contribution in [0.4, 0.5) is 0 Å². The van der Waals surface area contributed by atoms with Gasteiger partial charge in [-0.25, -0.2) is 25.3 Å². The third-order valence-corrected chi connectivity index (χ3v) is 17.6. The Kier molecular flexibility index (Phi) is 25.5. The van der Waals surface area contributed by atoms with Crippen LogP contribution in [0, 0.1) is 35.5 Å². The Balaban J connectivity index is 0.00000348. The van der Waals surface area contributed by atoms with Gasteiger partial charge < -0.3 is 28.8 Å². The van der Waals surface area contributed by atoms with E-state index in [2.05, 4.69) is 36.0 Å². The van der Waals surface area contributed by atoms with Gasteiger partial charge in [0.15, 0.2) is 0 Å². The number of rotatable bonds is 13. The molecule has 1 aliphatic heterocycles. The van der Waals surface area contributed by atoms with Crippen molar-refractivity contribution < 1.29 is 158 Å². The van der Waals surface area contributed by atoms with Gasteiger partial charge in [0.2, 0.25) is 0 Å². The minimum absolute atomic E-state index is 0. The molecule has 15 unspecified atom stereocenters. The van der Waals surface area contributed by atoms with Gasteiger partial charge in [-0.2, -0.15) is 4.33 Å². The number of carboxylic acids is 1. The van der Waals surface area contributed by atoms with Crippen molar-refractivity contribution in [3.63, 3.8) is 0 Å². The van der Waals surface area contributed by atoms with E-state index in [1.165, 1.54) is 0 Å². The van der Waals surface area contributed by atoms with Gasteiger partial charge in [-0.3, -0.25) is 31.6 Å². The first-order chi connectivity index (χ1) is 25.4. The number of aliphatic carboxylic acids is 1. The summed E-state index contributed by atoms with van der Waals surface area (Å²) in [6, 6.07) is -0.327. The Morgan fingerprint density at radius 3 is 1.66 bits per heavy atom. The summed E-state index contributed by atoms with van der Waals surface area (Å²) in [5, 5.41) is 38.8. The molecule has 312 valence electrons. The smallest absolute Gasteiger partial charge is 0.748 e. The summed E-state index contributed by atoms with van der Waals surface area (Å²) in [7, 11) is -14.3. The average Bonchev–Trinajstić information content (AvgIpc) is 3.08. The van der Waals surface area contributed by atoms with Gasteiger partial charge in [0.05, 0.1) is 52.3 Å². The van der Waals surface area contributed by atoms with Crippen molar-refractivity contribution in [2.75, 3.05) is 0 Å². The predicted molar refractivity (Wildman–Crippen MR) is 184 cm³/mol. The van der Waals surface area contributed by atoms with Crippen LogP contribution in [0.3, 0.4) is 0 Å². The van der Waals surface area contributed by atoms with Crippen molar-refractivity contribution >= 4 is 48.4 Å². The third-order valence-electron chi connectivity index (χ3n) is 13.1. The second kappa shape index (κ2) is 25.4. The Morgan fingerprint density at radius 2 is 1.17 bits per heavy atom. The van der Waals surface area contributed by atoms with E-state index >= 15 is 0 Å². The molecule has 19 nitrogen and oxygen atoms in total. The molecule has 1 heterocycles. The van der Waals surface area contributed by atoms with E-state index in [1.54, 1.807) is 0 Å². The van der Waals surface area contributed by atoms with E-state index in [1.807, 2.05) is 0 Å². The Labute approximate surface area is 412 Å². The molecule has 0 bridgehead atoms. The van der Waals surface area contributed by atoms with Gasteiger partial charge in [0.25, 0.3) is 0 Å². The van der Waals surface area contributed by atoms with Crippen molar-refractivity contribution in [2.45, 2.75) is 148 Å². The molecule has 6 fully saturated rings. The third kappa shape index (κ3) is 16.2. The summed E-state index contributed by atoms with van der Waals surface area (Å²) >= 11 is 0.724. The zero-order valence-electron chi connectivity index (χ0n) is 34.6. The first-order valence-electron chi connectivity index (χ1n) is 18.8. The van der Waals surface area contributed by atoms with Gasteiger partial charge in [-0.05, 0) is 119 Å². The van der Waals surface area contributed by atoms with E-state index < -0.39 is 94.1 Å². The van der Waals surface area contributed by atoms with Crippen molar-refractivity contribution in [1.29, 1.82) is 0 Å². The van der Waals surface area contributed by atoms with Crippen molar-refractivity contribution in [3.8, 4) is 0 Å². The van der Waals surface area contributed by atoms with Crippen LogP contribution < -0.4 is 131 Å². The molecule has 0 spiro atoms. The Hall–Kier alpha value is 2.22. The monoisotopic (exact) mass is 879 g/mol. The first-order valence-corrected chi connectivity index (χ1v) is 24.1. The second-order valence-electron chi connectivity index (χ2n) is 16.4. The van der Waals surface area contributed by atoms with Crippen LogP contribution in [0.1, 0.15) is 96.3 Å². The maximum atomic E-state index is 12.2. The fraction of sp³-hybridized carbons (Fsp3) is 0.968. The summed E-state index contributed by atoms with van der Waals surface area (Å²) in [6.45, 7) is 0. The molecule has 5 aliphatic carbocycles. The molecule has 5 saturated carbocycles. The summed E-state index contributed by atoms with van der Waals surface area (Å²) in [6.07, 6.45) is 4.90. The van der Waals surface area contributed by atoms with E-state index in [9.17, 15) is 54.1 Å². The molecule has 0 amide bonds. The fourth-order valence-electron chi connectivity index (χ4n) is 10.7. The van der Waals surface area contributed by atoms with Crippen molar-refractivity contribution in [1.82, 2.24) is 26.6 Å². The van der Waals surface area contributed by atoms with Gasteiger partial charge >= 0.3 is 94.3 Å². The molecule has 1 saturated heterocycles. The molecular weight excluding hydrogens is 829 g/mol. The van der Waals surface area contributed by atoms with Crippen molar-refractivity contribution in [2.24, 2.45) is 35.5 Å². The quantitative estimate of drug-likeness (QED) is 0.0377. The number of hydrogen-bond donors (Lipinski definition) is 5. The number of carboxylic acid groups (broad SMARTS) is 1. The minimum Gasteiger partial charge on any atom is -0.748 e. The molecule has 0 aromatic rings. The maximum absolute atomic E-state index is 12.2. The number of fused-ring (bicyclic) bond motifs is 2. The van der Waals surface area contributed by atoms with E-state index in [-0.39, 0.29) is 143 Å². The molecule has 0 radical (unpaired) electrons. The van der Waals surface area contributed by atoms with Gasteiger partial charge in [0.1, 0.15) is 12.6 Å². The average molecular weight is 880 g/mol. The summed E-state index contributed by atoms with van der Waals surface area (Å²) in [5.41, 5.74) is 0. The molecule has 59 heavy (non-hydrogen) atoms. The largest absolute Gasteiger partial charge is 1.00 e. The minimum atomic E-state index is -4.84. The topological polar surface area (TPSA) is 313 Å². The first kappa shape index (κ1) is 59.2. The van der Waals surface area contributed by atoms with E-state index in [0.717, 1.165) is 24.9 Å². The number of nitrogens with one attached hydrogen (secondary N) is 5. The zero-order chi connectivity index (χ0) is 39.0. The number of carbonyl (C=O) groups excluding carboxylic acids is 1. The van der Waals surface area contributed by atoms with Crippen LogP contribution in [-0.2, 0) is 44.5 Å². The molecule has 28 heteroatoms. The molecule has 6 rings (SSSR count). The summed E-state index contributed by atoms with van der Waals surface area (Å²) in [4.78, 5) is 11.7. The molecular formula is C31H50Li5N5O14S4. The molecule has 0 aromatic carbocycles. The number of carbonyl (C=O) groups is 1. The molecule has 5 N–H and O–H groups in total. The van der Waals surface area contributed by atoms with Gasteiger partial charge in [0, 0.05) is 35.3 Å². The van der Waals surface area contributed by atoms with Gasteiger partial charge in [-0.15, -0.1) is 0 Å². The SMILES string of the molecule is O=C([O-])C1CCCC(CC2NC(NC3CCC4C(C3)CC(SOO[O-])CC4S(=O)(=O)[O-])NC(NC3CCC4C(C3)CC(S(=O)(=O)[O-])CC4S(=O)(=O)[O-])N2)C1.[Li+].[Li+].[Li+].[Li+].[Li+]. The standard InChI is InChI=1S/C31H55N5O14S4.5Li/c37-29(38)17-3-1-2-16(8-17)9-28-34-30(32-20-4-6-24-18(10-20)12-22(51-50-49-39)14-26(24)53(43,44)45)36-31(35-28)33-21-5-7-25-19(11-21)13-23(52(40,41)42)15-27(25)54(46,47)48;;;;;/h16-28,30-36,39H,1-15H2,(H,37,38)(H,40,41,42)(H,43,44,45)(H,46,47,48);;;;;/q;5*+1/p-5. The second-order valence-corrected chi connectivity index (χ2v) is 22.2. The van der Waals surface area contributed by atoms with Gasteiger partial charge in [-0.1, -0.05) is 12.8 Å². The van der Waals surface area contributed by atoms with Crippen LogP contribution in [0.15, 0.2) is 0 Å². The van der Waals surface area contributed by atoms with Crippen LogP contribution in [0.2, 0.25) is 0 Å². The van der Waals surface area contributed by atoms with E-state index in [0.29, 0.717) is 64.2 Å². The Morgan fingerprint density at radius 1 is 0.644 bits per heavy atom. The van der Waals surface area contributed by atoms with Crippen molar-refractivity contribution in [3.05, 3.63) is 0 Å². The fourth-order valence-corrected chi connectivity index (χ4v) is 15.2. The predicted octanol–water partition coefficient (Wildman–Crippen LogP) is -17.1. The van der Waals surface area contributed by atoms with Crippen LogP contribution >= 0.6 is 12.0 Å². The van der Waals surface area contributed by atoms with Crippen LogP contribution in [-0.4, -0.2) is 96.7 Å². The Bertz CT molecular complexity index is 1670. The van der Waals surface area contributed by atoms with Crippen LogP contribution in [0.25, 0.3) is 0 Å². The maximum Gasteiger partial charge on any atom is 1.00 e. The number of hydrogen-bond acceptors (Lipinski definition) is 20. The van der Waals surface area contributed by atoms with E-state index in [4.69, 9.17) is 0 Å². The summed E-state index contributed by atoms with van der Waals surface area (Å²) < 4.78 is 114. The summed E-state index contributed by atoms with van der Waals surface area (Å²) in [5.74, 6) is -2.98.